The van der Waals surface area contributed by atoms with Crippen LogP contribution in [-0.4, -0.2) is 22.0 Å². The number of esters is 1. The molecule has 0 aromatic heterocycles. The molecular formula is C16H13NO7. The molecule has 124 valence electrons. The van der Waals surface area contributed by atoms with Gasteiger partial charge in [-0.1, -0.05) is 30.3 Å². The number of carbonyl (C=O) groups is 2. The number of ether oxygens (including phenoxy) is 2. The number of benzene rings is 2. The highest BCUT2D eigenvalue weighted by Gasteiger charge is 2.20. The van der Waals surface area contributed by atoms with Crippen molar-refractivity contribution in [2.45, 2.75) is 13.0 Å². The van der Waals surface area contributed by atoms with Gasteiger partial charge < -0.3 is 14.6 Å². The first-order valence-electron chi connectivity index (χ1n) is 6.83. The number of nitro groups is 1. The van der Waals surface area contributed by atoms with E-state index in [1.165, 1.54) is 12.1 Å². The van der Waals surface area contributed by atoms with Crippen LogP contribution >= 0.6 is 0 Å². The maximum Gasteiger partial charge on any atom is 0.322 e. The highest BCUT2D eigenvalue weighted by Crippen LogP contribution is 2.31. The van der Waals surface area contributed by atoms with Crippen molar-refractivity contribution >= 4 is 17.6 Å². The van der Waals surface area contributed by atoms with Crippen molar-refractivity contribution < 1.29 is 29.1 Å². The van der Waals surface area contributed by atoms with E-state index in [0.717, 1.165) is 11.6 Å². The molecule has 0 saturated heterocycles. The van der Waals surface area contributed by atoms with Gasteiger partial charge in [0.1, 0.15) is 18.8 Å². The second-order valence-corrected chi connectivity index (χ2v) is 4.71. The summed E-state index contributed by atoms with van der Waals surface area (Å²) in [6.07, 6.45) is -0.886. The number of nitro benzene ring substituents is 1. The van der Waals surface area contributed by atoms with E-state index in [9.17, 15) is 19.7 Å². The van der Waals surface area contributed by atoms with Crippen molar-refractivity contribution in [3.63, 3.8) is 0 Å². The van der Waals surface area contributed by atoms with Crippen molar-refractivity contribution in [2.75, 3.05) is 0 Å². The zero-order valence-corrected chi connectivity index (χ0v) is 12.4. The predicted octanol–water partition coefficient (Wildman–Crippen LogP) is 2.55. The molecule has 0 radical (unpaired) electrons. The molecule has 8 heteroatoms. The third-order valence-corrected chi connectivity index (χ3v) is 2.89. The molecule has 24 heavy (non-hydrogen) atoms. The quantitative estimate of drug-likeness (QED) is 0.272. The number of nitrogens with zero attached hydrogens (tertiary/aromatic N) is 1. The summed E-state index contributed by atoms with van der Waals surface area (Å²) in [5, 5.41) is 19.6. The molecule has 2 aromatic carbocycles. The highest BCUT2D eigenvalue weighted by atomic mass is 16.6. The normalized spacial score (nSPS) is 10.0. The second kappa shape index (κ2) is 7.73. The van der Waals surface area contributed by atoms with Gasteiger partial charge in [-0.3, -0.25) is 19.7 Å². The van der Waals surface area contributed by atoms with Gasteiger partial charge in [-0.2, -0.15) is 0 Å². The molecule has 1 N–H and O–H groups in total. The summed E-state index contributed by atoms with van der Waals surface area (Å²) in [4.78, 5) is 32.1. The van der Waals surface area contributed by atoms with E-state index in [1.54, 1.807) is 0 Å². The lowest BCUT2D eigenvalue weighted by Gasteiger charge is -2.08. The number of hydrogen-bond donors (Lipinski definition) is 1. The molecule has 0 atom stereocenters. The van der Waals surface area contributed by atoms with E-state index in [4.69, 9.17) is 14.6 Å². The molecule has 0 aliphatic rings. The minimum Gasteiger partial charge on any atom is -0.489 e. The topological polar surface area (TPSA) is 116 Å². The molecule has 0 saturated carbocycles. The Hall–Kier alpha value is -3.42. The Bertz CT molecular complexity index is 758. The predicted molar refractivity (Wildman–Crippen MR) is 81.8 cm³/mol. The lowest BCUT2D eigenvalue weighted by molar-refractivity contribution is -0.385. The minimum atomic E-state index is -1.38. The molecule has 0 bridgehead atoms. The van der Waals surface area contributed by atoms with Gasteiger partial charge in [0.15, 0.2) is 0 Å². The van der Waals surface area contributed by atoms with Crippen molar-refractivity contribution in [3.05, 3.63) is 64.2 Å². The fourth-order valence-electron chi connectivity index (χ4n) is 1.84. The summed E-state index contributed by atoms with van der Waals surface area (Å²) in [5.41, 5.74) is 0.399. The van der Waals surface area contributed by atoms with Crippen LogP contribution in [0.3, 0.4) is 0 Å². The molecule has 2 rings (SSSR count). The zero-order valence-electron chi connectivity index (χ0n) is 12.4. The van der Waals surface area contributed by atoms with Crippen LogP contribution < -0.4 is 9.47 Å². The maximum absolute atomic E-state index is 11.3. The lowest BCUT2D eigenvalue weighted by atomic mass is 10.2. The Morgan fingerprint density at radius 1 is 1.12 bits per heavy atom. The smallest absolute Gasteiger partial charge is 0.322 e. The van der Waals surface area contributed by atoms with Crippen LogP contribution in [0.5, 0.6) is 11.5 Å². The van der Waals surface area contributed by atoms with Crippen molar-refractivity contribution in [1.29, 1.82) is 0 Å². The van der Waals surface area contributed by atoms with Crippen LogP contribution in [0.25, 0.3) is 0 Å². The Labute approximate surface area is 136 Å². The molecule has 2 aromatic rings. The molecule has 0 aliphatic carbocycles. The first-order valence-corrected chi connectivity index (χ1v) is 6.83. The third kappa shape index (κ3) is 4.80. The molecule has 0 fully saturated rings. The largest absolute Gasteiger partial charge is 0.489 e. The van der Waals surface area contributed by atoms with E-state index in [1.807, 2.05) is 30.3 Å². The number of rotatable bonds is 7. The van der Waals surface area contributed by atoms with Gasteiger partial charge in [-0.05, 0) is 17.7 Å². The number of carbonyl (C=O) groups excluding carboxylic acids is 1. The minimum absolute atomic E-state index is 0.218. The number of hydrogen-bond acceptors (Lipinski definition) is 6. The van der Waals surface area contributed by atoms with Gasteiger partial charge in [-0.15, -0.1) is 0 Å². The standard InChI is InChI=1S/C16H13NO7/c18-15(19)9-16(20)24-14-7-6-12(8-13(14)17(21)22)23-10-11-4-2-1-3-5-11/h1-8H,9-10H2,(H,18,19). The van der Waals surface area contributed by atoms with E-state index >= 15 is 0 Å². The fourth-order valence-corrected chi connectivity index (χ4v) is 1.84. The van der Waals surface area contributed by atoms with Crippen molar-refractivity contribution in [2.24, 2.45) is 0 Å². The summed E-state index contributed by atoms with van der Waals surface area (Å²) < 4.78 is 10.2. The van der Waals surface area contributed by atoms with E-state index in [0.29, 0.717) is 0 Å². The molecule has 0 amide bonds. The first kappa shape index (κ1) is 16.9. The second-order valence-electron chi connectivity index (χ2n) is 4.71. The summed E-state index contributed by atoms with van der Waals surface area (Å²) in [6.45, 7) is 0.218. The van der Waals surface area contributed by atoms with E-state index < -0.39 is 29.0 Å². The van der Waals surface area contributed by atoms with Gasteiger partial charge >= 0.3 is 17.6 Å². The molecule has 0 unspecified atom stereocenters. The number of carboxylic acid groups (broad SMARTS) is 1. The lowest BCUT2D eigenvalue weighted by Crippen LogP contribution is -2.14. The Morgan fingerprint density at radius 2 is 1.83 bits per heavy atom. The first-order chi connectivity index (χ1) is 11.5. The van der Waals surface area contributed by atoms with Crippen LogP contribution in [-0.2, 0) is 16.2 Å². The fraction of sp³-hybridized carbons (Fsp3) is 0.125. The van der Waals surface area contributed by atoms with Gasteiger partial charge in [0.05, 0.1) is 11.0 Å². The number of carboxylic acids is 1. The summed E-state index contributed by atoms with van der Waals surface area (Å²) in [7, 11) is 0. The van der Waals surface area contributed by atoms with Crippen molar-refractivity contribution in [3.8, 4) is 11.5 Å². The zero-order chi connectivity index (χ0) is 17.5. The van der Waals surface area contributed by atoms with Crippen LogP contribution in [0, 0.1) is 10.1 Å². The average molecular weight is 331 g/mol. The third-order valence-electron chi connectivity index (χ3n) is 2.89. The van der Waals surface area contributed by atoms with Crippen molar-refractivity contribution in [1.82, 2.24) is 0 Å². The van der Waals surface area contributed by atoms with Gasteiger partial charge in [0.2, 0.25) is 5.75 Å². The van der Waals surface area contributed by atoms with Gasteiger partial charge in [0, 0.05) is 0 Å². The summed E-state index contributed by atoms with van der Waals surface area (Å²) in [6, 6.07) is 12.9. The molecule has 0 spiro atoms. The number of aliphatic carboxylic acids is 1. The summed E-state index contributed by atoms with van der Waals surface area (Å²) in [5.74, 6) is -2.59. The molecule has 8 nitrogen and oxygen atoms in total. The monoisotopic (exact) mass is 331 g/mol. The van der Waals surface area contributed by atoms with E-state index in [-0.39, 0.29) is 18.1 Å². The van der Waals surface area contributed by atoms with Crippen LogP contribution in [0.15, 0.2) is 48.5 Å². The summed E-state index contributed by atoms with van der Waals surface area (Å²) >= 11 is 0. The Kier molecular flexibility index (Phi) is 5.45. The Morgan fingerprint density at radius 3 is 2.46 bits per heavy atom. The van der Waals surface area contributed by atoms with E-state index in [2.05, 4.69) is 0 Å². The van der Waals surface area contributed by atoms with Gasteiger partial charge in [-0.25, -0.2) is 0 Å². The Balaban J connectivity index is 2.12. The maximum atomic E-state index is 11.3. The van der Waals surface area contributed by atoms with Crippen LogP contribution in [0.4, 0.5) is 5.69 Å². The molecule has 0 aliphatic heterocycles. The van der Waals surface area contributed by atoms with Crippen LogP contribution in [0.2, 0.25) is 0 Å². The van der Waals surface area contributed by atoms with Crippen LogP contribution in [0.1, 0.15) is 12.0 Å². The SMILES string of the molecule is O=C(O)CC(=O)Oc1ccc(OCc2ccccc2)cc1[N+](=O)[O-]. The molecule has 0 heterocycles. The van der Waals surface area contributed by atoms with Gasteiger partial charge in [0.25, 0.3) is 0 Å². The molecular weight excluding hydrogens is 318 g/mol. The highest BCUT2D eigenvalue weighted by molar-refractivity contribution is 5.91. The average Bonchev–Trinajstić information content (AvgIpc) is 2.54.